The first-order valence-electron chi connectivity index (χ1n) is 7.22. The highest BCUT2D eigenvalue weighted by molar-refractivity contribution is 5.48. The molecule has 2 fully saturated rings. The third-order valence-corrected chi connectivity index (χ3v) is 4.21. The Morgan fingerprint density at radius 2 is 1.89 bits per heavy atom. The molecule has 3 rings (SSSR count). The molecule has 0 radical (unpaired) electrons. The molecule has 104 valence electrons. The van der Waals surface area contributed by atoms with Gasteiger partial charge >= 0.3 is 0 Å². The summed E-state index contributed by atoms with van der Waals surface area (Å²) in [5.41, 5.74) is 7.07. The van der Waals surface area contributed by atoms with Gasteiger partial charge in [-0.25, -0.2) is 4.39 Å². The standard InChI is InChI=1S/C15H22FN3/c16-15-9-14(4-3-13(15)10-17)19-7-5-18(6-8-19)11-12-1-2-12/h3-4,9,12H,1-2,5-8,10-11,17H2. The quantitative estimate of drug-likeness (QED) is 0.899. The number of hydrogen-bond donors (Lipinski definition) is 1. The Labute approximate surface area is 114 Å². The topological polar surface area (TPSA) is 32.5 Å². The summed E-state index contributed by atoms with van der Waals surface area (Å²) < 4.78 is 13.7. The van der Waals surface area contributed by atoms with Gasteiger partial charge in [0.2, 0.25) is 0 Å². The minimum absolute atomic E-state index is 0.180. The predicted octanol–water partition coefficient (Wildman–Crippen LogP) is 1.82. The van der Waals surface area contributed by atoms with E-state index < -0.39 is 0 Å². The highest BCUT2D eigenvalue weighted by atomic mass is 19.1. The van der Waals surface area contributed by atoms with E-state index in [9.17, 15) is 4.39 Å². The van der Waals surface area contributed by atoms with Gasteiger partial charge in [-0.05, 0) is 30.9 Å². The van der Waals surface area contributed by atoms with Gasteiger partial charge in [-0.15, -0.1) is 0 Å². The molecule has 2 N–H and O–H groups in total. The van der Waals surface area contributed by atoms with Crippen LogP contribution in [0.4, 0.5) is 10.1 Å². The maximum Gasteiger partial charge on any atom is 0.129 e. The van der Waals surface area contributed by atoms with Crippen molar-refractivity contribution in [3.8, 4) is 0 Å². The third-order valence-electron chi connectivity index (χ3n) is 4.21. The van der Waals surface area contributed by atoms with E-state index in [-0.39, 0.29) is 12.4 Å². The Bertz CT molecular complexity index is 437. The SMILES string of the molecule is NCc1ccc(N2CCN(CC3CC3)CC2)cc1F. The van der Waals surface area contributed by atoms with Crippen molar-refractivity contribution in [3.63, 3.8) is 0 Å². The van der Waals surface area contributed by atoms with E-state index in [4.69, 9.17) is 5.73 Å². The van der Waals surface area contributed by atoms with E-state index in [1.165, 1.54) is 19.4 Å². The van der Waals surface area contributed by atoms with Crippen LogP contribution in [0.5, 0.6) is 0 Å². The highest BCUT2D eigenvalue weighted by Gasteiger charge is 2.26. The molecule has 0 spiro atoms. The van der Waals surface area contributed by atoms with Crippen molar-refractivity contribution >= 4 is 5.69 Å². The molecule has 4 heteroatoms. The van der Waals surface area contributed by atoms with E-state index in [0.29, 0.717) is 5.56 Å². The van der Waals surface area contributed by atoms with E-state index in [1.807, 2.05) is 6.07 Å². The lowest BCUT2D eigenvalue weighted by atomic mass is 10.1. The molecular weight excluding hydrogens is 241 g/mol. The molecule has 1 aromatic carbocycles. The molecule has 0 amide bonds. The van der Waals surface area contributed by atoms with Crippen LogP contribution in [-0.4, -0.2) is 37.6 Å². The van der Waals surface area contributed by atoms with Crippen molar-refractivity contribution < 1.29 is 4.39 Å². The maximum atomic E-state index is 13.7. The van der Waals surface area contributed by atoms with Gasteiger partial charge < -0.3 is 10.6 Å². The van der Waals surface area contributed by atoms with Crippen molar-refractivity contribution in [2.45, 2.75) is 19.4 Å². The molecule has 3 nitrogen and oxygen atoms in total. The number of rotatable bonds is 4. The highest BCUT2D eigenvalue weighted by Crippen LogP contribution is 2.30. The van der Waals surface area contributed by atoms with E-state index >= 15 is 0 Å². The lowest BCUT2D eigenvalue weighted by molar-refractivity contribution is 0.248. The molecule has 1 aromatic rings. The molecule has 0 unspecified atom stereocenters. The van der Waals surface area contributed by atoms with Crippen LogP contribution in [0.25, 0.3) is 0 Å². The Morgan fingerprint density at radius 1 is 1.16 bits per heavy atom. The summed E-state index contributed by atoms with van der Waals surface area (Å²) in [6.07, 6.45) is 2.82. The Kier molecular flexibility index (Phi) is 3.71. The van der Waals surface area contributed by atoms with Gasteiger partial charge in [-0.2, -0.15) is 0 Å². The van der Waals surface area contributed by atoms with Gasteiger partial charge in [-0.3, -0.25) is 4.90 Å². The number of piperazine rings is 1. The Morgan fingerprint density at radius 3 is 2.47 bits per heavy atom. The maximum absolute atomic E-state index is 13.7. The zero-order valence-electron chi connectivity index (χ0n) is 11.3. The van der Waals surface area contributed by atoms with Gasteiger partial charge in [0.15, 0.2) is 0 Å². The van der Waals surface area contributed by atoms with Crippen LogP contribution in [0.1, 0.15) is 18.4 Å². The van der Waals surface area contributed by atoms with Gasteiger partial charge in [0, 0.05) is 50.5 Å². The van der Waals surface area contributed by atoms with Crippen LogP contribution < -0.4 is 10.6 Å². The first-order chi connectivity index (χ1) is 9.26. The summed E-state index contributed by atoms with van der Waals surface area (Å²) in [7, 11) is 0. The Balaban J connectivity index is 1.59. The fraction of sp³-hybridized carbons (Fsp3) is 0.600. The van der Waals surface area contributed by atoms with Crippen LogP contribution in [0.2, 0.25) is 0 Å². The van der Waals surface area contributed by atoms with Crippen LogP contribution in [0, 0.1) is 11.7 Å². The van der Waals surface area contributed by atoms with E-state index in [1.54, 1.807) is 12.1 Å². The molecule has 0 bridgehead atoms. The summed E-state index contributed by atoms with van der Waals surface area (Å²) in [5.74, 6) is 0.772. The fourth-order valence-corrected chi connectivity index (χ4v) is 2.75. The monoisotopic (exact) mass is 263 g/mol. The molecule has 0 aromatic heterocycles. The number of benzene rings is 1. The van der Waals surface area contributed by atoms with Gasteiger partial charge in [0.25, 0.3) is 0 Å². The molecule has 2 aliphatic rings. The molecular formula is C15H22FN3. The lowest BCUT2D eigenvalue weighted by Gasteiger charge is -2.36. The molecule has 1 heterocycles. The van der Waals surface area contributed by atoms with E-state index in [0.717, 1.165) is 37.8 Å². The first kappa shape index (κ1) is 12.9. The first-order valence-corrected chi connectivity index (χ1v) is 7.22. The van der Waals surface area contributed by atoms with Crippen molar-refractivity contribution in [2.75, 3.05) is 37.6 Å². The largest absolute Gasteiger partial charge is 0.369 e. The third kappa shape index (κ3) is 3.07. The second-order valence-electron chi connectivity index (χ2n) is 5.71. The van der Waals surface area contributed by atoms with Crippen molar-refractivity contribution in [2.24, 2.45) is 11.7 Å². The van der Waals surface area contributed by atoms with Crippen molar-refractivity contribution in [1.82, 2.24) is 4.90 Å². The van der Waals surface area contributed by atoms with Crippen LogP contribution in [0.3, 0.4) is 0 Å². The number of nitrogens with two attached hydrogens (primary N) is 1. The number of anilines is 1. The molecule has 1 aliphatic heterocycles. The zero-order valence-corrected chi connectivity index (χ0v) is 11.3. The van der Waals surface area contributed by atoms with Crippen LogP contribution in [0.15, 0.2) is 18.2 Å². The van der Waals surface area contributed by atoms with Gasteiger partial charge in [0.1, 0.15) is 5.82 Å². The summed E-state index contributed by atoms with van der Waals surface area (Å²) in [5, 5.41) is 0. The molecule has 1 aliphatic carbocycles. The number of nitrogens with zero attached hydrogens (tertiary/aromatic N) is 2. The summed E-state index contributed by atoms with van der Waals surface area (Å²) >= 11 is 0. The molecule has 19 heavy (non-hydrogen) atoms. The van der Waals surface area contributed by atoms with Crippen molar-refractivity contribution in [1.29, 1.82) is 0 Å². The predicted molar refractivity (Wildman–Crippen MR) is 75.7 cm³/mol. The average Bonchev–Trinajstić information content (AvgIpc) is 3.23. The molecule has 1 saturated heterocycles. The minimum atomic E-state index is -0.180. The minimum Gasteiger partial charge on any atom is -0.369 e. The van der Waals surface area contributed by atoms with Gasteiger partial charge in [-0.1, -0.05) is 6.07 Å². The average molecular weight is 263 g/mol. The smallest absolute Gasteiger partial charge is 0.129 e. The summed E-state index contributed by atoms with van der Waals surface area (Å²) in [4.78, 5) is 4.81. The lowest BCUT2D eigenvalue weighted by Crippen LogP contribution is -2.47. The number of halogens is 1. The zero-order chi connectivity index (χ0) is 13.2. The molecule has 1 saturated carbocycles. The fourth-order valence-electron chi connectivity index (χ4n) is 2.75. The molecule has 0 atom stereocenters. The normalized spacial score (nSPS) is 20.8. The summed E-state index contributed by atoms with van der Waals surface area (Å²) in [6.45, 7) is 5.70. The Hall–Kier alpha value is -1.13. The number of hydrogen-bond acceptors (Lipinski definition) is 3. The van der Waals surface area contributed by atoms with Crippen LogP contribution in [-0.2, 0) is 6.54 Å². The second kappa shape index (κ2) is 5.47. The second-order valence-corrected chi connectivity index (χ2v) is 5.71. The van der Waals surface area contributed by atoms with E-state index in [2.05, 4.69) is 9.80 Å². The van der Waals surface area contributed by atoms with Gasteiger partial charge in [0.05, 0.1) is 0 Å². The summed E-state index contributed by atoms with van der Waals surface area (Å²) in [6, 6.07) is 5.42. The van der Waals surface area contributed by atoms with Crippen LogP contribution >= 0.6 is 0 Å². The van der Waals surface area contributed by atoms with Crippen molar-refractivity contribution in [3.05, 3.63) is 29.6 Å².